The first kappa shape index (κ1) is 10.1. The molecule has 0 aliphatic rings. The molecule has 2 radical (unpaired) electrons. The maximum atomic E-state index is 5.85. The van der Waals surface area contributed by atoms with Gasteiger partial charge in [-0.05, 0) is 17.0 Å². The molecule has 78 valence electrons. The number of fused-ring (bicyclic) bond motifs is 1. The van der Waals surface area contributed by atoms with Crippen LogP contribution in [0.4, 0.5) is 0 Å². The molecule has 0 amide bonds. The van der Waals surface area contributed by atoms with Crippen molar-refractivity contribution in [3.63, 3.8) is 0 Å². The fourth-order valence-corrected chi connectivity index (χ4v) is 2.04. The zero-order valence-corrected chi connectivity index (χ0v) is 9.30. The van der Waals surface area contributed by atoms with Crippen LogP contribution in [0.2, 0.25) is 0 Å². The Balaban J connectivity index is 2.36. The maximum absolute atomic E-state index is 5.85. The summed E-state index contributed by atoms with van der Waals surface area (Å²) in [7, 11) is 5.85. The van der Waals surface area contributed by atoms with Crippen LogP contribution >= 0.6 is 0 Å². The van der Waals surface area contributed by atoms with Crippen LogP contribution in [0, 0.1) is 0 Å². The predicted octanol–water partition coefficient (Wildman–Crippen LogP) is 2.70. The van der Waals surface area contributed by atoms with Gasteiger partial charge in [0.05, 0.1) is 5.69 Å². The van der Waals surface area contributed by atoms with Gasteiger partial charge in [-0.25, -0.2) is 0 Å². The standard InChI is InChI=1S/C15H10BN/c16-14-10-12-8-4-5-9-13(12)15(17-14)11-6-2-1-3-7-11/h1-10H. The van der Waals surface area contributed by atoms with Crippen molar-refractivity contribution in [2.45, 2.75) is 0 Å². The van der Waals surface area contributed by atoms with Crippen LogP contribution in [0.1, 0.15) is 0 Å². The number of hydrogen-bond donors (Lipinski definition) is 0. The zero-order valence-electron chi connectivity index (χ0n) is 9.30. The Labute approximate surface area is 102 Å². The molecule has 1 aromatic heterocycles. The molecule has 3 rings (SSSR count). The molecule has 0 N–H and O–H groups in total. The van der Waals surface area contributed by atoms with E-state index in [9.17, 15) is 0 Å². The number of aromatic nitrogens is 1. The highest BCUT2D eigenvalue weighted by atomic mass is 14.7. The molecule has 17 heavy (non-hydrogen) atoms. The summed E-state index contributed by atoms with van der Waals surface area (Å²) >= 11 is 0. The largest absolute Gasteiger partial charge is 0.264 e. The van der Waals surface area contributed by atoms with Crippen LogP contribution in [-0.4, -0.2) is 12.8 Å². The minimum atomic E-state index is 0.558. The average Bonchev–Trinajstić information content (AvgIpc) is 2.39. The van der Waals surface area contributed by atoms with Crippen LogP contribution in [0.5, 0.6) is 0 Å². The Morgan fingerprint density at radius 1 is 0.824 bits per heavy atom. The van der Waals surface area contributed by atoms with Crippen molar-refractivity contribution in [3.8, 4) is 11.3 Å². The highest BCUT2D eigenvalue weighted by Gasteiger charge is 2.05. The van der Waals surface area contributed by atoms with Crippen LogP contribution in [0.3, 0.4) is 0 Å². The fraction of sp³-hybridized carbons (Fsp3) is 0. The maximum Gasteiger partial charge on any atom is 0.141 e. The van der Waals surface area contributed by atoms with Gasteiger partial charge in [-0.3, -0.25) is 4.98 Å². The second kappa shape index (κ2) is 4.06. The van der Waals surface area contributed by atoms with Gasteiger partial charge in [0.1, 0.15) is 7.85 Å². The van der Waals surface area contributed by atoms with E-state index in [-0.39, 0.29) is 0 Å². The Morgan fingerprint density at radius 2 is 1.53 bits per heavy atom. The number of hydrogen-bond acceptors (Lipinski definition) is 1. The number of rotatable bonds is 1. The van der Waals surface area contributed by atoms with E-state index in [1.165, 1.54) is 0 Å². The molecule has 2 aromatic carbocycles. The van der Waals surface area contributed by atoms with Gasteiger partial charge in [-0.15, -0.1) is 0 Å². The molecule has 1 heterocycles. The van der Waals surface area contributed by atoms with Crippen molar-refractivity contribution in [2.75, 3.05) is 0 Å². The lowest BCUT2D eigenvalue weighted by molar-refractivity contribution is 1.41. The van der Waals surface area contributed by atoms with E-state index in [0.29, 0.717) is 5.59 Å². The number of pyridine rings is 1. The lowest BCUT2D eigenvalue weighted by atomic mass is 9.97. The summed E-state index contributed by atoms with van der Waals surface area (Å²) in [5.74, 6) is 0. The monoisotopic (exact) mass is 215 g/mol. The minimum absolute atomic E-state index is 0.558. The second-order valence-corrected chi connectivity index (χ2v) is 3.98. The van der Waals surface area contributed by atoms with Gasteiger partial charge in [0.15, 0.2) is 0 Å². The summed E-state index contributed by atoms with van der Waals surface area (Å²) in [6, 6.07) is 20.2. The number of benzene rings is 2. The second-order valence-electron chi connectivity index (χ2n) is 3.98. The van der Waals surface area contributed by atoms with E-state index in [1.807, 2.05) is 48.5 Å². The molecule has 0 aliphatic carbocycles. The van der Waals surface area contributed by atoms with Crippen molar-refractivity contribution in [1.29, 1.82) is 0 Å². The predicted molar refractivity (Wildman–Crippen MR) is 72.6 cm³/mol. The van der Waals surface area contributed by atoms with Crippen LogP contribution < -0.4 is 5.59 Å². The van der Waals surface area contributed by atoms with E-state index in [0.717, 1.165) is 22.0 Å². The lowest BCUT2D eigenvalue weighted by Crippen LogP contribution is -2.08. The summed E-state index contributed by atoms with van der Waals surface area (Å²) in [6.45, 7) is 0. The molecule has 0 bridgehead atoms. The molecule has 0 spiro atoms. The molecule has 0 fully saturated rings. The molecule has 0 saturated carbocycles. The molecule has 0 saturated heterocycles. The first-order valence-electron chi connectivity index (χ1n) is 5.55. The Hall–Kier alpha value is -2.09. The molecule has 0 unspecified atom stereocenters. The minimum Gasteiger partial charge on any atom is -0.264 e. The third kappa shape index (κ3) is 1.82. The van der Waals surface area contributed by atoms with E-state index in [1.54, 1.807) is 0 Å². The van der Waals surface area contributed by atoms with Crippen molar-refractivity contribution < 1.29 is 0 Å². The summed E-state index contributed by atoms with van der Waals surface area (Å²) < 4.78 is 0. The molecule has 0 aliphatic heterocycles. The molecule has 2 heteroatoms. The molecule has 3 aromatic rings. The normalized spacial score (nSPS) is 10.6. The highest BCUT2D eigenvalue weighted by molar-refractivity contribution is 6.32. The fourth-order valence-electron chi connectivity index (χ4n) is 2.04. The van der Waals surface area contributed by atoms with Gasteiger partial charge in [-0.2, -0.15) is 0 Å². The van der Waals surface area contributed by atoms with E-state index < -0.39 is 0 Å². The molecule has 0 atom stereocenters. The highest BCUT2D eigenvalue weighted by Crippen LogP contribution is 2.24. The van der Waals surface area contributed by atoms with Gasteiger partial charge in [0.25, 0.3) is 0 Å². The SMILES string of the molecule is [B]c1cc2ccccc2c(-c2ccccc2)n1. The Bertz CT molecular complexity index is 662. The Morgan fingerprint density at radius 3 is 2.35 bits per heavy atom. The molecule has 1 nitrogen and oxygen atoms in total. The van der Waals surface area contributed by atoms with Crippen LogP contribution in [-0.2, 0) is 0 Å². The topological polar surface area (TPSA) is 12.9 Å². The van der Waals surface area contributed by atoms with Crippen molar-refractivity contribution in [3.05, 3.63) is 60.7 Å². The van der Waals surface area contributed by atoms with E-state index >= 15 is 0 Å². The summed E-state index contributed by atoms with van der Waals surface area (Å²) in [5, 5.41) is 2.26. The molecular formula is C15H10BN. The first-order chi connectivity index (χ1) is 8.34. The van der Waals surface area contributed by atoms with Gasteiger partial charge < -0.3 is 0 Å². The first-order valence-corrected chi connectivity index (χ1v) is 5.55. The van der Waals surface area contributed by atoms with Crippen LogP contribution in [0.15, 0.2) is 60.7 Å². The summed E-state index contributed by atoms with van der Waals surface area (Å²) in [5.41, 5.74) is 2.60. The van der Waals surface area contributed by atoms with Crippen molar-refractivity contribution in [1.82, 2.24) is 4.98 Å². The van der Waals surface area contributed by atoms with Gasteiger partial charge in [0, 0.05) is 10.9 Å². The van der Waals surface area contributed by atoms with E-state index in [4.69, 9.17) is 7.85 Å². The third-order valence-corrected chi connectivity index (χ3v) is 2.81. The van der Waals surface area contributed by atoms with E-state index in [2.05, 4.69) is 17.1 Å². The molecular weight excluding hydrogens is 205 g/mol. The van der Waals surface area contributed by atoms with Crippen LogP contribution in [0.25, 0.3) is 22.0 Å². The summed E-state index contributed by atoms with van der Waals surface area (Å²) in [4.78, 5) is 4.45. The van der Waals surface area contributed by atoms with Gasteiger partial charge in [0.2, 0.25) is 0 Å². The smallest absolute Gasteiger partial charge is 0.141 e. The lowest BCUT2D eigenvalue weighted by Gasteiger charge is -2.07. The van der Waals surface area contributed by atoms with Crippen molar-refractivity contribution >= 4 is 24.2 Å². The average molecular weight is 215 g/mol. The number of nitrogens with zero attached hydrogens (tertiary/aromatic N) is 1. The quantitative estimate of drug-likeness (QED) is 0.568. The van der Waals surface area contributed by atoms with Crippen molar-refractivity contribution in [2.24, 2.45) is 0 Å². The zero-order chi connectivity index (χ0) is 11.7. The third-order valence-electron chi connectivity index (χ3n) is 2.81. The van der Waals surface area contributed by atoms with Gasteiger partial charge >= 0.3 is 0 Å². The summed E-state index contributed by atoms with van der Waals surface area (Å²) in [6.07, 6.45) is 0. The van der Waals surface area contributed by atoms with Gasteiger partial charge in [-0.1, -0.05) is 54.6 Å². The Kier molecular flexibility index (Phi) is 2.41.